The lowest BCUT2D eigenvalue weighted by molar-refractivity contribution is -0.116. The van der Waals surface area contributed by atoms with Gasteiger partial charge in [-0.15, -0.1) is 11.3 Å². The summed E-state index contributed by atoms with van der Waals surface area (Å²) in [4.78, 5) is 17.9. The van der Waals surface area contributed by atoms with Crippen LogP contribution in [0.5, 0.6) is 0 Å². The minimum atomic E-state index is -0.0927. The molecule has 18 heavy (non-hydrogen) atoms. The third-order valence-corrected chi connectivity index (χ3v) is 3.32. The molecule has 2 rings (SSSR count). The Kier molecular flexibility index (Phi) is 4.25. The van der Waals surface area contributed by atoms with Crippen molar-refractivity contribution in [3.8, 4) is 0 Å². The Morgan fingerprint density at radius 1 is 1.44 bits per heavy atom. The van der Waals surface area contributed by atoms with E-state index in [-0.39, 0.29) is 5.91 Å². The number of carbonyl (C=O) groups is 1. The van der Waals surface area contributed by atoms with Gasteiger partial charge in [-0.2, -0.15) is 0 Å². The zero-order chi connectivity index (χ0) is 12.8. The minimum Gasteiger partial charge on any atom is -0.348 e. The Balaban J connectivity index is 1.84. The number of nitrogens with zero attached hydrogens (tertiary/aromatic N) is 1. The standard InChI is InChI=1S/C14H14N2OS/c1-11-4-5-13(18-11)6-7-14(17)16-10-12-3-2-8-15-9-12/h2-9H,10H2,1H3,(H,16,17)/b7-6+. The molecule has 2 aromatic heterocycles. The zero-order valence-corrected chi connectivity index (χ0v) is 10.9. The normalized spacial score (nSPS) is 10.7. The third-order valence-electron chi connectivity index (χ3n) is 2.35. The van der Waals surface area contributed by atoms with Crippen LogP contribution in [-0.2, 0) is 11.3 Å². The van der Waals surface area contributed by atoms with Crippen LogP contribution in [0.3, 0.4) is 0 Å². The quantitative estimate of drug-likeness (QED) is 0.857. The second-order valence-electron chi connectivity index (χ2n) is 3.86. The van der Waals surface area contributed by atoms with Crippen LogP contribution in [0, 0.1) is 6.92 Å². The van der Waals surface area contributed by atoms with Crippen LogP contribution in [0.25, 0.3) is 6.08 Å². The van der Waals surface area contributed by atoms with Crippen LogP contribution in [0.2, 0.25) is 0 Å². The first kappa shape index (κ1) is 12.5. The van der Waals surface area contributed by atoms with Gasteiger partial charge >= 0.3 is 0 Å². The van der Waals surface area contributed by atoms with E-state index in [0.29, 0.717) is 6.54 Å². The molecule has 0 spiro atoms. The number of pyridine rings is 1. The number of hydrogen-bond donors (Lipinski definition) is 1. The van der Waals surface area contributed by atoms with Gasteiger partial charge in [-0.3, -0.25) is 9.78 Å². The van der Waals surface area contributed by atoms with Crippen molar-refractivity contribution in [3.05, 3.63) is 58.1 Å². The van der Waals surface area contributed by atoms with Gasteiger partial charge in [0.1, 0.15) is 0 Å². The summed E-state index contributed by atoms with van der Waals surface area (Å²) < 4.78 is 0. The summed E-state index contributed by atoms with van der Waals surface area (Å²) in [5.74, 6) is -0.0927. The fraction of sp³-hybridized carbons (Fsp3) is 0.143. The summed E-state index contributed by atoms with van der Waals surface area (Å²) in [5, 5.41) is 2.81. The topological polar surface area (TPSA) is 42.0 Å². The van der Waals surface area contributed by atoms with E-state index in [9.17, 15) is 4.79 Å². The molecular formula is C14H14N2OS. The highest BCUT2D eigenvalue weighted by Crippen LogP contribution is 2.16. The van der Waals surface area contributed by atoms with Crippen molar-refractivity contribution in [2.45, 2.75) is 13.5 Å². The maximum Gasteiger partial charge on any atom is 0.244 e. The van der Waals surface area contributed by atoms with E-state index in [1.165, 1.54) is 4.88 Å². The highest BCUT2D eigenvalue weighted by Gasteiger charge is 1.97. The third kappa shape index (κ3) is 3.82. The summed E-state index contributed by atoms with van der Waals surface area (Å²) in [6.45, 7) is 2.55. The van der Waals surface area contributed by atoms with E-state index in [1.54, 1.807) is 29.8 Å². The van der Waals surface area contributed by atoms with Crippen LogP contribution < -0.4 is 5.32 Å². The highest BCUT2D eigenvalue weighted by atomic mass is 32.1. The van der Waals surface area contributed by atoms with Crippen molar-refractivity contribution in [3.63, 3.8) is 0 Å². The molecule has 0 atom stereocenters. The fourth-order valence-corrected chi connectivity index (χ4v) is 2.23. The lowest BCUT2D eigenvalue weighted by Gasteiger charge is -2.00. The Bertz CT molecular complexity index is 546. The average molecular weight is 258 g/mol. The van der Waals surface area contributed by atoms with Gasteiger partial charge in [-0.25, -0.2) is 0 Å². The molecule has 0 radical (unpaired) electrons. The number of carbonyl (C=O) groups excluding carboxylic acids is 1. The molecule has 3 nitrogen and oxygen atoms in total. The van der Waals surface area contributed by atoms with Crippen molar-refractivity contribution in [2.24, 2.45) is 0 Å². The van der Waals surface area contributed by atoms with Crippen LogP contribution in [-0.4, -0.2) is 10.9 Å². The summed E-state index contributed by atoms with van der Waals surface area (Å²) in [5.41, 5.74) is 0.992. The monoisotopic (exact) mass is 258 g/mol. The van der Waals surface area contributed by atoms with E-state index in [1.807, 2.05) is 37.3 Å². The Hall–Kier alpha value is -1.94. The first-order chi connectivity index (χ1) is 8.74. The van der Waals surface area contributed by atoms with Crippen LogP contribution in [0.15, 0.2) is 42.7 Å². The molecule has 0 saturated carbocycles. The van der Waals surface area contributed by atoms with Crippen molar-refractivity contribution >= 4 is 23.3 Å². The molecule has 2 heterocycles. The first-order valence-electron chi connectivity index (χ1n) is 5.65. The first-order valence-corrected chi connectivity index (χ1v) is 6.47. The number of aromatic nitrogens is 1. The summed E-state index contributed by atoms with van der Waals surface area (Å²) >= 11 is 1.67. The van der Waals surface area contributed by atoms with Gasteiger partial charge in [-0.1, -0.05) is 6.07 Å². The summed E-state index contributed by atoms with van der Waals surface area (Å²) in [6, 6.07) is 7.83. The molecular weight excluding hydrogens is 244 g/mol. The van der Waals surface area contributed by atoms with E-state index in [0.717, 1.165) is 10.4 Å². The molecule has 92 valence electrons. The Morgan fingerprint density at radius 2 is 2.33 bits per heavy atom. The van der Waals surface area contributed by atoms with Crippen molar-refractivity contribution in [1.82, 2.24) is 10.3 Å². The molecule has 4 heteroatoms. The van der Waals surface area contributed by atoms with Crippen LogP contribution in [0.4, 0.5) is 0 Å². The van der Waals surface area contributed by atoms with Crippen LogP contribution in [0.1, 0.15) is 15.3 Å². The average Bonchev–Trinajstić information content (AvgIpc) is 2.81. The Labute approximate surface area is 110 Å². The van der Waals surface area contributed by atoms with E-state index in [2.05, 4.69) is 10.3 Å². The van der Waals surface area contributed by atoms with Gasteiger partial charge in [0.15, 0.2) is 0 Å². The highest BCUT2D eigenvalue weighted by molar-refractivity contribution is 7.12. The maximum atomic E-state index is 11.6. The number of nitrogens with one attached hydrogen (secondary N) is 1. The minimum absolute atomic E-state index is 0.0927. The number of hydrogen-bond acceptors (Lipinski definition) is 3. The largest absolute Gasteiger partial charge is 0.348 e. The maximum absolute atomic E-state index is 11.6. The number of rotatable bonds is 4. The lowest BCUT2D eigenvalue weighted by atomic mass is 10.3. The molecule has 0 unspecified atom stereocenters. The van der Waals surface area contributed by atoms with E-state index in [4.69, 9.17) is 0 Å². The Morgan fingerprint density at radius 3 is 3.00 bits per heavy atom. The van der Waals surface area contributed by atoms with Gasteiger partial charge in [0, 0.05) is 34.8 Å². The van der Waals surface area contributed by atoms with Crippen LogP contribution >= 0.6 is 11.3 Å². The zero-order valence-electron chi connectivity index (χ0n) is 10.1. The predicted molar refractivity (Wildman–Crippen MR) is 74.2 cm³/mol. The molecule has 0 saturated heterocycles. The number of amides is 1. The van der Waals surface area contributed by atoms with Gasteiger partial charge in [0.2, 0.25) is 5.91 Å². The molecule has 0 aliphatic rings. The van der Waals surface area contributed by atoms with Gasteiger partial charge in [0.05, 0.1) is 0 Å². The molecule has 0 aliphatic carbocycles. The SMILES string of the molecule is Cc1ccc(/C=C/C(=O)NCc2cccnc2)s1. The second kappa shape index (κ2) is 6.12. The van der Waals surface area contributed by atoms with Crippen molar-refractivity contribution < 1.29 is 4.79 Å². The molecule has 0 fully saturated rings. The van der Waals surface area contributed by atoms with Crippen molar-refractivity contribution in [1.29, 1.82) is 0 Å². The fourth-order valence-electron chi connectivity index (χ4n) is 1.45. The lowest BCUT2D eigenvalue weighted by Crippen LogP contribution is -2.20. The van der Waals surface area contributed by atoms with E-state index < -0.39 is 0 Å². The summed E-state index contributed by atoms with van der Waals surface area (Å²) in [6.07, 6.45) is 6.84. The van der Waals surface area contributed by atoms with Gasteiger partial charge in [-0.05, 0) is 36.8 Å². The molecule has 0 aliphatic heterocycles. The second-order valence-corrected chi connectivity index (χ2v) is 5.18. The molecule has 0 bridgehead atoms. The molecule has 1 amide bonds. The molecule has 2 aromatic rings. The number of aryl methyl sites for hydroxylation is 1. The molecule has 0 aromatic carbocycles. The molecule has 1 N–H and O–H groups in total. The smallest absolute Gasteiger partial charge is 0.244 e. The van der Waals surface area contributed by atoms with Gasteiger partial charge < -0.3 is 5.32 Å². The number of thiophene rings is 1. The summed E-state index contributed by atoms with van der Waals surface area (Å²) in [7, 11) is 0. The van der Waals surface area contributed by atoms with E-state index >= 15 is 0 Å². The predicted octanol–water partition coefficient (Wildman–Crippen LogP) is 2.78. The van der Waals surface area contributed by atoms with Gasteiger partial charge in [0.25, 0.3) is 0 Å². The van der Waals surface area contributed by atoms with Crippen molar-refractivity contribution in [2.75, 3.05) is 0 Å².